The maximum atomic E-state index is 11.5. The van der Waals surface area contributed by atoms with Gasteiger partial charge >= 0.3 is 0 Å². The van der Waals surface area contributed by atoms with E-state index in [0.29, 0.717) is 19.1 Å². The molecule has 1 aliphatic carbocycles. The summed E-state index contributed by atoms with van der Waals surface area (Å²) < 4.78 is 24.6. The zero-order valence-corrected chi connectivity index (χ0v) is 13.0. The minimum absolute atomic E-state index is 0.657. The van der Waals surface area contributed by atoms with Crippen LogP contribution in [0.1, 0.15) is 26.2 Å². The van der Waals surface area contributed by atoms with E-state index in [1.165, 1.54) is 25.5 Å². The van der Waals surface area contributed by atoms with E-state index in [9.17, 15) is 8.42 Å². The predicted octanol–water partition coefficient (Wildman–Crippen LogP) is 0.342. The SMILES string of the molecule is CCCNCC1CCC1N1CCN(S(C)(=O)=O)CC1. The maximum Gasteiger partial charge on any atom is 0.211 e. The summed E-state index contributed by atoms with van der Waals surface area (Å²) in [6.07, 6.45) is 5.08. The molecule has 2 aliphatic rings. The van der Waals surface area contributed by atoms with Crippen molar-refractivity contribution < 1.29 is 8.42 Å². The Balaban J connectivity index is 1.75. The van der Waals surface area contributed by atoms with Gasteiger partial charge in [0.2, 0.25) is 10.0 Å². The largest absolute Gasteiger partial charge is 0.316 e. The first-order valence-electron chi connectivity index (χ1n) is 7.42. The molecule has 1 aliphatic heterocycles. The maximum absolute atomic E-state index is 11.5. The summed E-state index contributed by atoms with van der Waals surface area (Å²) in [5.74, 6) is 0.760. The first kappa shape index (κ1) is 15.2. The zero-order valence-electron chi connectivity index (χ0n) is 12.1. The van der Waals surface area contributed by atoms with Gasteiger partial charge in [-0.1, -0.05) is 6.92 Å². The van der Waals surface area contributed by atoms with E-state index >= 15 is 0 Å². The zero-order chi connectivity index (χ0) is 13.9. The van der Waals surface area contributed by atoms with E-state index in [0.717, 1.165) is 32.1 Å². The van der Waals surface area contributed by atoms with Gasteiger partial charge in [0.05, 0.1) is 6.26 Å². The van der Waals surface area contributed by atoms with Gasteiger partial charge in [-0.25, -0.2) is 8.42 Å². The number of sulfonamides is 1. The van der Waals surface area contributed by atoms with Crippen molar-refractivity contribution in [3.05, 3.63) is 0 Å². The van der Waals surface area contributed by atoms with Gasteiger partial charge in [-0.2, -0.15) is 4.31 Å². The second-order valence-electron chi connectivity index (χ2n) is 5.81. The molecule has 19 heavy (non-hydrogen) atoms. The molecule has 1 N–H and O–H groups in total. The monoisotopic (exact) mass is 289 g/mol. The lowest BCUT2D eigenvalue weighted by Gasteiger charge is -2.47. The minimum atomic E-state index is -3.00. The van der Waals surface area contributed by atoms with Crippen molar-refractivity contribution in [2.24, 2.45) is 5.92 Å². The standard InChI is InChI=1S/C13H27N3O2S/c1-3-6-14-11-12-4-5-13(12)15-7-9-16(10-8-15)19(2,17)18/h12-14H,3-11H2,1-2H3. The summed E-state index contributed by atoms with van der Waals surface area (Å²) in [6.45, 7) is 7.50. The van der Waals surface area contributed by atoms with Crippen LogP contribution >= 0.6 is 0 Å². The van der Waals surface area contributed by atoms with Gasteiger partial charge < -0.3 is 5.32 Å². The van der Waals surface area contributed by atoms with Crippen molar-refractivity contribution in [3.63, 3.8) is 0 Å². The van der Waals surface area contributed by atoms with Gasteiger partial charge in [-0.3, -0.25) is 4.90 Å². The van der Waals surface area contributed by atoms with Gasteiger partial charge in [0.1, 0.15) is 0 Å². The highest BCUT2D eigenvalue weighted by molar-refractivity contribution is 7.88. The van der Waals surface area contributed by atoms with Gasteiger partial charge in [0.25, 0.3) is 0 Å². The topological polar surface area (TPSA) is 52.6 Å². The van der Waals surface area contributed by atoms with Gasteiger partial charge in [0, 0.05) is 32.2 Å². The lowest BCUT2D eigenvalue weighted by molar-refractivity contribution is 0.0380. The second-order valence-corrected chi connectivity index (χ2v) is 7.79. The molecule has 1 heterocycles. The third kappa shape index (κ3) is 3.90. The Bertz CT molecular complexity index is 377. The highest BCUT2D eigenvalue weighted by atomic mass is 32.2. The number of nitrogens with one attached hydrogen (secondary N) is 1. The van der Waals surface area contributed by atoms with Crippen molar-refractivity contribution in [1.29, 1.82) is 0 Å². The van der Waals surface area contributed by atoms with Gasteiger partial charge in [0.15, 0.2) is 0 Å². The molecular weight excluding hydrogens is 262 g/mol. The van der Waals surface area contributed by atoms with Crippen LogP contribution < -0.4 is 5.32 Å². The smallest absolute Gasteiger partial charge is 0.211 e. The van der Waals surface area contributed by atoms with Crippen molar-refractivity contribution in [2.75, 3.05) is 45.5 Å². The highest BCUT2D eigenvalue weighted by Crippen LogP contribution is 2.32. The molecule has 1 saturated heterocycles. The van der Waals surface area contributed by atoms with E-state index in [2.05, 4.69) is 17.1 Å². The lowest BCUT2D eigenvalue weighted by Crippen LogP contribution is -2.57. The molecule has 2 atom stereocenters. The van der Waals surface area contributed by atoms with Gasteiger partial charge in [-0.15, -0.1) is 0 Å². The first-order chi connectivity index (χ1) is 9.02. The molecule has 2 fully saturated rings. The fraction of sp³-hybridized carbons (Fsp3) is 1.00. The molecule has 6 heteroatoms. The molecule has 2 rings (SSSR count). The van der Waals surface area contributed by atoms with Crippen LogP contribution in [0, 0.1) is 5.92 Å². The Kier molecular flexibility index (Phi) is 5.22. The third-order valence-electron chi connectivity index (χ3n) is 4.42. The fourth-order valence-corrected chi connectivity index (χ4v) is 3.93. The molecule has 0 radical (unpaired) electrons. The van der Waals surface area contributed by atoms with E-state index in [1.807, 2.05) is 0 Å². The van der Waals surface area contributed by atoms with E-state index in [1.54, 1.807) is 4.31 Å². The molecule has 1 saturated carbocycles. The Morgan fingerprint density at radius 3 is 2.32 bits per heavy atom. The van der Waals surface area contributed by atoms with E-state index < -0.39 is 10.0 Å². The van der Waals surface area contributed by atoms with Crippen LogP contribution in [-0.4, -0.2) is 69.2 Å². The van der Waals surface area contributed by atoms with Crippen LogP contribution in [0.5, 0.6) is 0 Å². The molecule has 0 aromatic carbocycles. The van der Waals surface area contributed by atoms with Crippen LogP contribution in [0.15, 0.2) is 0 Å². The average Bonchev–Trinajstić information content (AvgIpc) is 2.33. The lowest BCUT2D eigenvalue weighted by atomic mass is 9.78. The van der Waals surface area contributed by atoms with E-state index in [-0.39, 0.29) is 0 Å². The van der Waals surface area contributed by atoms with Crippen molar-refractivity contribution in [1.82, 2.24) is 14.5 Å². The summed E-state index contributed by atoms with van der Waals surface area (Å²) in [7, 11) is -3.00. The predicted molar refractivity (Wildman–Crippen MR) is 77.7 cm³/mol. The Labute approximate surface area is 117 Å². The normalized spacial score (nSPS) is 30.2. The summed E-state index contributed by atoms with van der Waals surface area (Å²) >= 11 is 0. The minimum Gasteiger partial charge on any atom is -0.316 e. The Morgan fingerprint density at radius 2 is 1.84 bits per heavy atom. The number of piperazine rings is 1. The van der Waals surface area contributed by atoms with Crippen LogP contribution in [0.3, 0.4) is 0 Å². The van der Waals surface area contributed by atoms with Crippen LogP contribution in [0.2, 0.25) is 0 Å². The van der Waals surface area contributed by atoms with Crippen molar-refractivity contribution in [3.8, 4) is 0 Å². The molecule has 5 nitrogen and oxygen atoms in total. The molecule has 0 amide bonds. The molecule has 0 spiro atoms. The molecule has 0 bridgehead atoms. The molecule has 0 aromatic rings. The second kappa shape index (κ2) is 6.52. The fourth-order valence-electron chi connectivity index (χ4n) is 3.10. The summed E-state index contributed by atoms with van der Waals surface area (Å²) in [5, 5.41) is 3.51. The Hall–Kier alpha value is -0.170. The first-order valence-corrected chi connectivity index (χ1v) is 9.27. The molecule has 0 aromatic heterocycles. The average molecular weight is 289 g/mol. The van der Waals surface area contributed by atoms with Gasteiger partial charge in [-0.05, 0) is 38.3 Å². The van der Waals surface area contributed by atoms with Crippen LogP contribution in [-0.2, 0) is 10.0 Å². The Morgan fingerprint density at radius 1 is 1.16 bits per heavy atom. The summed E-state index contributed by atoms with van der Waals surface area (Å²) in [6, 6.07) is 0.672. The van der Waals surface area contributed by atoms with Crippen molar-refractivity contribution in [2.45, 2.75) is 32.2 Å². The van der Waals surface area contributed by atoms with Crippen molar-refractivity contribution >= 4 is 10.0 Å². The van der Waals surface area contributed by atoms with Crippen LogP contribution in [0.4, 0.5) is 0 Å². The molecule has 112 valence electrons. The highest BCUT2D eigenvalue weighted by Gasteiger charge is 2.37. The number of hydrogen-bond acceptors (Lipinski definition) is 4. The van der Waals surface area contributed by atoms with Crippen LogP contribution in [0.25, 0.3) is 0 Å². The molecule has 2 unspecified atom stereocenters. The quantitative estimate of drug-likeness (QED) is 0.717. The number of hydrogen-bond donors (Lipinski definition) is 1. The van der Waals surface area contributed by atoms with E-state index in [4.69, 9.17) is 0 Å². The number of rotatable bonds is 6. The molecular formula is C13H27N3O2S. The summed E-state index contributed by atoms with van der Waals surface area (Å²) in [4.78, 5) is 2.49. The third-order valence-corrected chi connectivity index (χ3v) is 5.73. The number of nitrogens with zero attached hydrogens (tertiary/aromatic N) is 2. The summed E-state index contributed by atoms with van der Waals surface area (Å²) in [5.41, 5.74) is 0.